The van der Waals surface area contributed by atoms with Crippen LogP contribution in [0.4, 0.5) is 4.79 Å². The Hall–Kier alpha value is -2.15. The van der Waals surface area contributed by atoms with Crippen LogP contribution in [0.15, 0.2) is 18.2 Å². The van der Waals surface area contributed by atoms with Crippen molar-refractivity contribution in [1.82, 2.24) is 15.2 Å². The Kier molecular flexibility index (Phi) is 6.61. The van der Waals surface area contributed by atoms with Gasteiger partial charge < -0.3 is 20.1 Å². The van der Waals surface area contributed by atoms with E-state index in [1.54, 1.807) is 0 Å². The molecule has 0 radical (unpaired) electrons. The number of methoxy groups -OCH3 is 1. The number of carbonyl (C=O) groups excluding carboxylic acids is 1. The Morgan fingerprint density at radius 1 is 1.48 bits per heavy atom. The number of pyridine rings is 1. The molecule has 0 saturated carbocycles. The van der Waals surface area contributed by atoms with Crippen LogP contribution >= 0.6 is 0 Å². The molecule has 7 nitrogen and oxygen atoms in total. The highest BCUT2D eigenvalue weighted by Crippen LogP contribution is 2.04. The van der Waals surface area contributed by atoms with E-state index in [4.69, 9.17) is 9.84 Å². The summed E-state index contributed by atoms with van der Waals surface area (Å²) in [5.74, 6) is -1.13. The molecule has 0 spiro atoms. The number of urea groups is 1. The van der Waals surface area contributed by atoms with Crippen molar-refractivity contribution in [3.05, 3.63) is 29.6 Å². The molecule has 0 aliphatic carbocycles. The molecular formula is C14H21N3O4. The van der Waals surface area contributed by atoms with Gasteiger partial charge in [0.15, 0.2) is 6.04 Å². The normalized spacial score (nSPS) is 11.8. The predicted octanol–water partition coefficient (Wildman–Crippen LogP) is 1.02. The highest BCUT2D eigenvalue weighted by atomic mass is 16.5. The molecule has 2 amide bonds. The second-order valence-corrected chi connectivity index (χ2v) is 4.58. The lowest BCUT2D eigenvalue weighted by Crippen LogP contribution is -2.49. The van der Waals surface area contributed by atoms with Gasteiger partial charge in [-0.1, -0.05) is 6.07 Å². The van der Waals surface area contributed by atoms with E-state index < -0.39 is 18.0 Å². The third kappa shape index (κ3) is 5.39. The lowest BCUT2D eigenvalue weighted by molar-refractivity contribution is -0.140. The SMILES string of the molecule is CCN(Cc1cccc(C)n1)C(=O)NC(COC)C(=O)O. The number of aromatic nitrogens is 1. The highest BCUT2D eigenvalue weighted by Gasteiger charge is 2.22. The van der Waals surface area contributed by atoms with Gasteiger partial charge in [-0.25, -0.2) is 9.59 Å². The van der Waals surface area contributed by atoms with Crippen LogP contribution in [0.5, 0.6) is 0 Å². The molecule has 116 valence electrons. The van der Waals surface area contributed by atoms with E-state index >= 15 is 0 Å². The van der Waals surface area contributed by atoms with Crippen molar-refractivity contribution in [2.24, 2.45) is 0 Å². The number of hydrogen-bond donors (Lipinski definition) is 2. The van der Waals surface area contributed by atoms with E-state index in [-0.39, 0.29) is 6.61 Å². The summed E-state index contributed by atoms with van der Waals surface area (Å²) in [6.07, 6.45) is 0. The molecule has 0 aliphatic heterocycles. The fourth-order valence-electron chi connectivity index (χ4n) is 1.79. The zero-order valence-corrected chi connectivity index (χ0v) is 12.5. The lowest BCUT2D eigenvalue weighted by Gasteiger charge is -2.23. The molecule has 0 aliphatic rings. The molecule has 7 heteroatoms. The van der Waals surface area contributed by atoms with Gasteiger partial charge in [-0.15, -0.1) is 0 Å². The second-order valence-electron chi connectivity index (χ2n) is 4.58. The maximum absolute atomic E-state index is 12.1. The first kappa shape index (κ1) is 16.9. The molecular weight excluding hydrogens is 274 g/mol. The average molecular weight is 295 g/mol. The van der Waals surface area contributed by atoms with Crippen LogP contribution in [0.25, 0.3) is 0 Å². The van der Waals surface area contributed by atoms with Gasteiger partial charge in [0.2, 0.25) is 0 Å². The molecule has 1 aromatic heterocycles. The van der Waals surface area contributed by atoms with Crippen molar-refractivity contribution < 1.29 is 19.4 Å². The number of hydrogen-bond acceptors (Lipinski definition) is 4. The number of rotatable bonds is 7. The maximum atomic E-state index is 12.1. The van der Waals surface area contributed by atoms with E-state index in [1.807, 2.05) is 32.0 Å². The summed E-state index contributed by atoms with van der Waals surface area (Å²) in [6.45, 7) is 4.38. The Morgan fingerprint density at radius 2 is 2.19 bits per heavy atom. The van der Waals surface area contributed by atoms with Crippen LogP contribution in [-0.2, 0) is 16.1 Å². The number of amides is 2. The molecule has 1 atom stereocenters. The predicted molar refractivity (Wildman–Crippen MR) is 76.9 cm³/mol. The number of carboxylic acid groups (broad SMARTS) is 1. The lowest BCUT2D eigenvalue weighted by atomic mass is 10.3. The Balaban J connectivity index is 2.70. The number of carbonyl (C=O) groups is 2. The Labute approximate surface area is 123 Å². The molecule has 1 aromatic rings. The van der Waals surface area contributed by atoms with E-state index in [1.165, 1.54) is 12.0 Å². The van der Waals surface area contributed by atoms with Crippen LogP contribution in [0.2, 0.25) is 0 Å². The summed E-state index contributed by atoms with van der Waals surface area (Å²) in [7, 11) is 1.39. The van der Waals surface area contributed by atoms with Crippen molar-refractivity contribution in [2.45, 2.75) is 26.4 Å². The monoisotopic (exact) mass is 295 g/mol. The summed E-state index contributed by atoms with van der Waals surface area (Å²) in [5.41, 5.74) is 1.62. The zero-order valence-electron chi connectivity index (χ0n) is 12.5. The Morgan fingerprint density at radius 3 is 2.71 bits per heavy atom. The molecule has 1 unspecified atom stereocenters. The van der Waals surface area contributed by atoms with Gasteiger partial charge in [0.25, 0.3) is 0 Å². The molecule has 1 rings (SSSR count). The minimum atomic E-state index is -1.13. The molecule has 0 saturated heterocycles. The minimum Gasteiger partial charge on any atom is -0.480 e. The first-order valence-corrected chi connectivity index (χ1v) is 6.67. The minimum absolute atomic E-state index is 0.0820. The van der Waals surface area contributed by atoms with Crippen LogP contribution in [0, 0.1) is 6.92 Å². The fourth-order valence-corrected chi connectivity index (χ4v) is 1.79. The van der Waals surface area contributed by atoms with Crippen molar-refractivity contribution in [3.8, 4) is 0 Å². The Bertz CT molecular complexity index is 493. The van der Waals surface area contributed by atoms with Gasteiger partial charge in [-0.2, -0.15) is 0 Å². The number of carboxylic acids is 1. The number of aliphatic carboxylic acids is 1. The molecule has 21 heavy (non-hydrogen) atoms. The molecule has 0 bridgehead atoms. The second kappa shape index (κ2) is 8.21. The first-order chi connectivity index (χ1) is 9.97. The topological polar surface area (TPSA) is 91.8 Å². The summed E-state index contributed by atoms with van der Waals surface area (Å²) in [6, 6.07) is 4.05. The van der Waals surface area contributed by atoms with Gasteiger partial charge in [0, 0.05) is 19.3 Å². The largest absolute Gasteiger partial charge is 0.480 e. The average Bonchev–Trinajstić information content (AvgIpc) is 2.44. The van der Waals surface area contributed by atoms with E-state index in [2.05, 4.69) is 10.3 Å². The summed E-state index contributed by atoms with van der Waals surface area (Å²) < 4.78 is 4.79. The van der Waals surface area contributed by atoms with Crippen molar-refractivity contribution in [3.63, 3.8) is 0 Å². The van der Waals surface area contributed by atoms with E-state index in [9.17, 15) is 9.59 Å². The smallest absolute Gasteiger partial charge is 0.328 e. The molecule has 0 fully saturated rings. The van der Waals surface area contributed by atoms with Gasteiger partial charge in [-0.05, 0) is 26.0 Å². The summed E-state index contributed by atoms with van der Waals surface area (Å²) >= 11 is 0. The van der Waals surface area contributed by atoms with Crippen LogP contribution in [-0.4, -0.2) is 53.3 Å². The fraction of sp³-hybridized carbons (Fsp3) is 0.500. The van der Waals surface area contributed by atoms with Gasteiger partial charge >= 0.3 is 12.0 Å². The number of nitrogens with zero attached hydrogens (tertiary/aromatic N) is 2. The highest BCUT2D eigenvalue weighted by molar-refractivity contribution is 5.82. The van der Waals surface area contributed by atoms with Gasteiger partial charge in [0.1, 0.15) is 0 Å². The van der Waals surface area contributed by atoms with Crippen LogP contribution in [0.3, 0.4) is 0 Å². The summed E-state index contributed by atoms with van der Waals surface area (Å²) in [4.78, 5) is 29.0. The van der Waals surface area contributed by atoms with E-state index in [0.717, 1.165) is 11.4 Å². The summed E-state index contributed by atoms with van der Waals surface area (Å²) in [5, 5.41) is 11.4. The molecule has 1 heterocycles. The number of aryl methyl sites for hydroxylation is 1. The zero-order chi connectivity index (χ0) is 15.8. The standard InChI is InChI=1S/C14H21N3O4/c1-4-17(8-11-7-5-6-10(2)15-11)14(20)16-12(9-21-3)13(18)19/h5-7,12H,4,8-9H2,1-3H3,(H,16,20)(H,18,19). The van der Waals surface area contributed by atoms with Gasteiger partial charge in [0.05, 0.1) is 18.8 Å². The number of ether oxygens (including phenoxy) is 1. The quantitative estimate of drug-likeness (QED) is 0.783. The van der Waals surface area contributed by atoms with Crippen LogP contribution < -0.4 is 5.32 Å². The third-order valence-electron chi connectivity index (χ3n) is 2.90. The molecule has 2 N–H and O–H groups in total. The van der Waals surface area contributed by atoms with Crippen LogP contribution in [0.1, 0.15) is 18.3 Å². The first-order valence-electron chi connectivity index (χ1n) is 6.67. The van der Waals surface area contributed by atoms with E-state index in [0.29, 0.717) is 13.1 Å². The maximum Gasteiger partial charge on any atom is 0.328 e. The third-order valence-corrected chi connectivity index (χ3v) is 2.90. The van der Waals surface area contributed by atoms with Crippen molar-refractivity contribution in [1.29, 1.82) is 0 Å². The van der Waals surface area contributed by atoms with Crippen molar-refractivity contribution in [2.75, 3.05) is 20.3 Å². The van der Waals surface area contributed by atoms with Gasteiger partial charge in [-0.3, -0.25) is 4.98 Å². The van der Waals surface area contributed by atoms with Crippen molar-refractivity contribution >= 4 is 12.0 Å². The molecule has 0 aromatic carbocycles. The number of nitrogens with one attached hydrogen (secondary N) is 1.